The molecule has 1 saturated heterocycles. The zero-order valence-corrected chi connectivity index (χ0v) is 11.2. The highest BCUT2D eigenvalue weighted by atomic mass is 35.5. The molecule has 2 heterocycles. The van der Waals surface area contributed by atoms with Crippen molar-refractivity contribution in [3.63, 3.8) is 0 Å². The zero-order chi connectivity index (χ0) is 13.3. The molecular formula is C11H12ClNO4S. The number of hydrogen-bond acceptors (Lipinski definition) is 4. The molecule has 1 fully saturated rings. The lowest BCUT2D eigenvalue weighted by Crippen LogP contribution is -2.51. The molecule has 0 aliphatic carbocycles. The van der Waals surface area contributed by atoms with E-state index in [1.54, 1.807) is 19.1 Å². The molecule has 0 aromatic carbocycles. The van der Waals surface area contributed by atoms with E-state index in [-0.39, 0.29) is 18.6 Å². The molecule has 2 rings (SSSR count). The number of thiophene rings is 1. The Bertz CT molecular complexity index is 475. The van der Waals surface area contributed by atoms with Crippen LogP contribution in [0, 0.1) is 0 Å². The predicted molar refractivity (Wildman–Crippen MR) is 67.2 cm³/mol. The summed E-state index contributed by atoms with van der Waals surface area (Å²) in [5, 5.41) is 8.95. The molecule has 7 heteroatoms. The first-order valence-electron chi connectivity index (χ1n) is 5.40. The van der Waals surface area contributed by atoms with Gasteiger partial charge in [0.1, 0.15) is 0 Å². The first-order valence-corrected chi connectivity index (χ1v) is 6.59. The highest BCUT2D eigenvalue weighted by molar-refractivity contribution is 7.17. The molecule has 18 heavy (non-hydrogen) atoms. The van der Waals surface area contributed by atoms with Crippen molar-refractivity contribution in [1.29, 1.82) is 0 Å². The number of halogens is 1. The van der Waals surface area contributed by atoms with Gasteiger partial charge in [-0.2, -0.15) is 0 Å². The Labute approximate surface area is 113 Å². The van der Waals surface area contributed by atoms with E-state index in [0.29, 0.717) is 15.8 Å². The van der Waals surface area contributed by atoms with Crippen LogP contribution in [0.25, 0.3) is 0 Å². The number of ether oxygens (including phenoxy) is 1. The van der Waals surface area contributed by atoms with Crippen molar-refractivity contribution in [3.8, 4) is 0 Å². The highest BCUT2D eigenvalue weighted by Crippen LogP contribution is 2.24. The summed E-state index contributed by atoms with van der Waals surface area (Å²) in [5.41, 5.74) is 0. The van der Waals surface area contributed by atoms with Gasteiger partial charge in [-0.15, -0.1) is 11.3 Å². The quantitative estimate of drug-likeness (QED) is 0.900. The number of carbonyl (C=O) groups is 2. The van der Waals surface area contributed by atoms with E-state index in [1.807, 2.05) is 0 Å². The van der Waals surface area contributed by atoms with E-state index < -0.39 is 12.1 Å². The molecule has 2 atom stereocenters. The summed E-state index contributed by atoms with van der Waals surface area (Å²) < 4.78 is 5.79. The number of rotatable bonds is 2. The standard InChI is InChI=1S/C11H12ClNO4S/c1-6-4-13(5-7(17-6)11(15)16)10(14)8-2-3-9(12)18-8/h2-3,6-7H,4-5H2,1H3,(H,15,16)/t6-,7?/m1/s1. The molecule has 1 aliphatic rings. The molecule has 0 radical (unpaired) electrons. The van der Waals surface area contributed by atoms with E-state index in [2.05, 4.69) is 0 Å². The van der Waals surface area contributed by atoms with Crippen LogP contribution in [0.3, 0.4) is 0 Å². The fraction of sp³-hybridized carbons (Fsp3) is 0.455. The minimum atomic E-state index is -1.05. The number of hydrogen-bond donors (Lipinski definition) is 1. The summed E-state index contributed by atoms with van der Waals surface area (Å²) in [6.45, 7) is 2.20. The molecule has 1 N–H and O–H groups in total. The largest absolute Gasteiger partial charge is 0.479 e. The molecular weight excluding hydrogens is 278 g/mol. The van der Waals surface area contributed by atoms with Gasteiger partial charge in [-0.3, -0.25) is 4.79 Å². The van der Waals surface area contributed by atoms with Crippen molar-refractivity contribution in [3.05, 3.63) is 21.3 Å². The molecule has 1 aromatic rings. The summed E-state index contributed by atoms with van der Waals surface area (Å²) in [4.78, 5) is 25.1. The number of carboxylic acids is 1. The monoisotopic (exact) mass is 289 g/mol. The van der Waals surface area contributed by atoms with Crippen molar-refractivity contribution >= 4 is 34.8 Å². The lowest BCUT2D eigenvalue weighted by molar-refractivity contribution is -0.160. The minimum Gasteiger partial charge on any atom is -0.479 e. The normalized spacial score (nSPS) is 24.0. The summed E-state index contributed by atoms with van der Waals surface area (Å²) in [6.07, 6.45) is -1.26. The molecule has 1 aromatic heterocycles. The predicted octanol–water partition coefficient (Wildman–Crippen LogP) is 1.72. The Morgan fingerprint density at radius 2 is 2.22 bits per heavy atom. The second-order valence-electron chi connectivity index (χ2n) is 4.09. The van der Waals surface area contributed by atoms with Gasteiger partial charge in [0.2, 0.25) is 0 Å². The number of aliphatic carboxylic acids is 1. The maximum absolute atomic E-state index is 12.2. The van der Waals surface area contributed by atoms with Crippen LogP contribution in [0.2, 0.25) is 4.34 Å². The topological polar surface area (TPSA) is 66.8 Å². The summed E-state index contributed by atoms with van der Waals surface area (Å²) >= 11 is 6.97. The van der Waals surface area contributed by atoms with Gasteiger partial charge >= 0.3 is 5.97 Å². The Balaban J connectivity index is 2.12. The zero-order valence-electron chi connectivity index (χ0n) is 9.63. The van der Waals surface area contributed by atoms with Crippen LogP contribution in [0.15, 0.2) is 12.1 Å². The van der Waals surface area contributed by atoms with Crippen molar-refractivity contribution in [2.24, 2.45) is 0 Å². The maximum Gasteiger partial charge on any atom is 0.334 e. The maximum atomic E-state index is 12.2. The second-order valence-corrected chi connectivity index (χ2v) is 5.80. The number of amides is 1. The first kappa shape index (κ1) is 13.3. The average molecular weight is 290 g/mol. The molecule has 98 valence electrons. The fourth-order valence-electron chi connectivity index (χ4n) is 1.84. The molecule has 1 unspecified atom stereocenters. The molecule has 1 amide bonds. The molecule has 0 bridgehead atoms. The van der Waals surface area contributed by atoms with Gasteiger partial charge in [0.25, 0.3) is 5.91 Å². The van der Waals surface area contributed by atoms with E-state index in [4.69, 9.17) is 21.4 Å². The summed E-state index contributed by atoms with van der Waals surface area (Å²) in [7, 11) is 0. The van der Waals surface area contributed by atoms with Crippen molar-refractivity contribution in [2.75, 3.05) is 13.1 Å². The van der Waals surface area contributed by atoms with Gasteiger partial charge in [0.05, 0.1) is 21.9 Å². The highest BCUT2D eigenvalue weighted by Gasteiger charge is 2.33. The first-order chi connectivity index (χ1) is 8.47. The Morgan fingerprint density at radius 1 is 1.50 bits per heavy atom. The lowest BCUT2D eigenvalue weighted by atomic mass is 10.2. The number of nitrogens with zero attached hydrogens (tertiary/aromatic N) is 1. The van der Waals surface area contributed by atoms with Crippen molar-refractivity contribution in [2.45, 2.75) is 19.1 Å². The summed E-state index contributed by atoms with van der Waals surface area (Å²) in [6, 6.07) is 3.29. The molecule has 0 spiro atoms. The Morgan fingerprint density at radius 3 is 2.78 bits per heavy atom. The van der Waals surface area contributed by atoms with Gasteiger partial charge in [-0.1, -0.05) is 11.6 Å². The van der Waals surface area contributed by atoms with Crippen LogP contribution >= 0.6 is 22.9 Å². The summed E-state index contributed by atoms with van der Waals surface area (Å²) in [5.74, 6) is -1.25. The minimum absolute atomic E-state index is 0.0635. The smallest absolute Gasteiger partial charge is 0.334 e. The van der Waals surface area contributed by atoms with Crippen LogP contribution in [-0.2, 0) is 9.53 Å². The van der Waals surface area contributed by atoms with Crippen LogP contribution in [0.4, 0.5) is 0 Å². The lowest BCUT2D eigenvalue weighted by Gasteiger charge is -2.34. The third kappa shape index (κ3) is 2.82. The third-order valence-electron chi connectivity index (χ3n) is 2.61. The van der Waals surface area contributed by atoms with Crippen LogP contribution in [0.5, 0.6) is 0 Å². The van der Waals surface area contributed by atoms with E-state index in [1.165, 1.54) is 16.2 Å². The molecule has 1 aliphatic heterocycles. The van der Waals surface area contributed by atoms with Gasteiger partial charge in [-0.05, 0) is 19.1 Å². The Kier molecular flexibility index (Phi) is 3.89. The Hall–Kier alpha value is -1.11. The fourth-order valence-corrected chi connectivity index (χ4v) is 2.85. The van der Waals surface area contributed by atoms with Crippen molar-refractivity contribution in [1.82, 2.24) is 4.90 Å². The van der Waals surface area contributed by atoms with E-state index in [9.17, 15) is 9.59 Å². The average Bonchev–Trinajstić information content (AvgIpc) is 2.74. The van der Waals surface area contributed by atoms with Crippen LogP contribution in [-0.4, -0.2) is 47.2 Å². The van der Waals surface area contributed by atoms with Crippen LogP contribution < -0.4 is 0 Å². The van der Waals surface area contributed by atoms with E-state index >= 15 is 0 Å². The number of morpholine rings is 1. The molecule has 0 saturated carbocycles. The molecule has 5 nitrogen and oxygen atoms in total. The number of carboxylic acid groups (broad SMARTS) is 1. The third-order valence-corrected chi connectivity index (χ3v) is 3.83. The van der Waals surface area contributed by atoms with Gasteiger partial charge in [-0.25, -0.2) is 4.79 Å². The van der Waals surface area contributed by atoms with Crippen molar-refractivity contribution < 1.29 is 19.4 Å². The second kappa shape index (κ2) is 5.26. The van der Waals surface area contributed by atoms with E-state index in [0.717, 1.165) is 0 Å². The van der Waals surface area contributed by atoms with Gasteiger partial charge in [0.15, 0.2) is 6.10 Å². The number of carbonyl (C=O) groups excluding carboxylic acids is 1. The van der Waals surface area contributed by atoms with Gasteiger partial charge < -0.3 is 14.7 Å². The SMILES string of the molecule is C[C@@H]1CN(C(=O)c2ccc(Cl)s2)CC(C(=O)O)O1. The van der Waals surface area contributed by atoms with Gasteiger partial charge in [0, 0.05) is 6.54 Å². The van der Waals surface area contributed by atoms with Crippen LogP contribution in [0.1, 0.15) is 16.6 Å².